The summed E-state index contributed by atoms with van der Waals surface area (Å²) >= 11 is 2.69. The van der Waals surface area contributed by atoms with Crippen molar-refractivity contribution < 1.29 is 19.1 Å². The normalized spacial score (nSPS) is 19.5. The number of aromatic nitrogens is 1. The number of carbonyl (C=O) groups is 2. The fraction of sp³-hybridized carbons (Fsp3) is 0.194. The highest BCUT2D eigenvalue weighted by atomic mass is 32.2. The van der Waals surface area contributed by atoms with Crippen LogP contribution < -0.4 is 14.8 Å². The number of ether oxygens (including phenoxy) is 2. The first-order valence-electron chi connectivity index (χ1n) is 14.4. The summed E-state index contributed by atoms with van der Waals surface area (Å²) in [6.45, 7) is 2.13. The number of amides is 1. The van der Waals surface area contributed by atoms with Crippen LogP contribution in [0.4, 0.5) is 5.69 Å². The number of anilines is 1. The van der Waals surface area contributed by atoms with Gasteiger partial charge < -0.3 is 14.8 Å². The van der Waals surface area contributed by atoms with E-state index in [2.05, 4.69) is 60.8 Å². The van der Waals surface area contributed by atoms with E-state index in [9.17, 15) is 9.59 Å². The minimum absolute atomic E-state index is 0.0130. The first-order chi connectivity index (χ1) is 21.4. The molecule has 8 rings (SSSR count). The highest BCUT2D eigenvalue weighted by molar-refractivity contribution is 8.15. The fourth-order valence-electron chi connectivity index (χ4n) is 6.70. The molecule has 1 N–H and O–H groups in total. The molecule has 3 aliphatic rings. The van der Waals surface area contributed by atoms with Crippen LogP contribution in [-0.4, -0.2) is 30.2 Å². The predicted molar refractivity (Wildman–Crippen MR) is 175 cm³/mol. The monoisotopic (exact) mass is 618 g/mol. The third-order valence-corrected chi connectivity index (χ3v) is 10.9. The van der Waals surface area contributed by atoms with E-state index in [1.54, 1.807) is 38.5 Å². The van der Waals surface area contributed by atoms with Gasteiger partial charge in [-0.1, -0.05) is 67.6 Å². The molecule has 1 atom stereocenters. The molecule has 1 aromatic heterocycles. The zero-order valence-corrected chi connectivity index (χ0v) is 26.1. The van der Waals surface area contributed by atoms with E-state index >= 15 is 0 Å². The van der Waals surface area contributed by atoms with Crippen molar-refractivity contribution in [3.05, 3.63) is 124 Å². The third-order valence-electron chi connectivity index (χ3n) is 8.79. The van der Waals surface area contributed by atoms with Crippen LogP contribution in [0.5, 0.6) is 11.5 Å². The summed E-state index contributed by atoms with van der Waals surface area (Å²) in [5.74, 6) is 1.13. The lowest BCUT2D eigenvalue weighted by Gasteiger charge is -2.50. The first-order valence-corrected chi connectivity index (χ1v) is 16.1. The van der Waals surface area contributed by atoms with Crippen LogP contribution in [-0.2, 0) is 4.79 Å². The van der Waals surface area contributed by atoms with Crippen molar-refractivity contribution in [2.24, 2.45) is 5.41 Å². The van der Waals surface area contributed by atoms with Gasteiger partial charge in [-0.3, -0.25) is 9.59 Å². The smallest absolute Gasteiger partial charge is 0.255 e. The van der Waals surface area contributed by atoms with Crippen LogP contribution in [0.1, 0.15) is 57.8 Å². The molecule has 2 bridgehead atoms. The van der Waals surface area contributed by atoms with Crippen LogP contribution >= 0.6 is 23.1 Å². The fourth-order valence-corrected chi connectivity index (χ4v) is 8.56. The zero-order chi connectivity index (χ0) is 30.4. The Kier molecular flexibility index (Phi) is 7.26. The molecule has 3 aliphatic carbocycles. The molecule has 4 aromatic carbocycles. The molecule has 0 fully saturated rings. The van der Waals surface area contributed by atoms with E-state index < -0.39 is 5.41 Å². The maximum absolute atomic E-state index is 14.1. The Morgan fingerprint density at radius 3 is 2.14 bits per heavy atom. The number of benzene rings is 4. The molecular weight excluding hydrogens is 589 g/mol. The molecule has 0 radical (unpaired) electrons. The van der Waals surface area contributed by atoms with Crippen LogP contribution in [0.2, 0.25) is 0 Å². The lowest BCUT2D eigenvalue weighted by atomic mass is 9.53. The molecule has 1 amide bonds. The number of nitrogens with zero attached hydrogens (tertiary/aromatic N) is 1. The van der Waals surface area contributed by atoms with Crippen LogP contribution in [0.3, 0.4) is 0 Å². The van der Waals surface area contributed by atoms with E-state index in [4.69, 9.17) is 14.5 Å². The summed E-state index contributed by atoms with van der Waals surface area (Å²) in [4.78, 5) is 32.1. The van der Waals surface area contributed by atoms with E-state index in [1.807, 2.05) is 23.6 Å². The zero-order valence-electron chi connectivity index (χ0n) is 24.5. The van der Waals surface area contributed by atoms with Crippen molar-refractivity contribution in [2.75, 3.05) is 19.5 Å². The molecule has 0 spiro atoms. The van der Waals surface area contributed by atoms with Gasteiger partial charge in [-0.05, 0) is 52.6 Å². The number of carbonyl (C=O) groups excluding carboxylic acids is 2. The Hall–Kier alpha value is -4.40. The van der Waals surface area contributed by atoms with Crippen molar-refractivity contribution in [3.8, 4) is 22.8 Å². The number of thiazole rings is 1. The number of fused-ring (bicyclic) bond motifs is 1. The second kappa shape index (κ2) is 11.3. The van der Waals surface area contributed by atoms with Gasteiger partial charge in [0.1, 0.15) is 11.5 Å². The summed E-state index contributed by atoms with van der Waals surface area (Å²) in [7, 11) is 3.13. The number of nitrogens with one attached hydrogen (secondary N) is 1. The summed E-state index contributed by atoms with van der Waals surface area (Å²) in [6.07, 6.45) is 0.784. The highest BCUT2D eigenvalue weighted by Gasteiger charge is 2.54. The van der Waals surface area contributed by atoms with Gasteiger partial charge in [0.25, 0.3) is 5.91 Å². The van der Waals surface area contributed by atoms with Crippen LogP contribution in [0.25, 0.3) is 11.3 Å². The number of hydrogen-bond acceptors (Lipinski definition) is 7. The maximum Gasteiger partial charge on any atom is 0.255 e. The largest absolute Gasteiger partial charge is 0.497 e. The molecule has 0 aliphatic heterocycles. The Balaban J connectivity index is 1.11. The summed E-state index contributed by atoms with van der Waals surface area (Å²) in [6, 6.07) is 29.7. The van der Waals surface area contributed by atoms with Crippen LogP contribution in [0, 0.1) is 5.41 Å². The number of hydrogen-bond donors (Lipinski definition) is 1. The summed E-state index contributed by atoms with van der Waals surface area (Å²) in [5, 5.41) is 5.00. The van der Waals surface area contributed by atoms with E-state index in [0.717, 1.165) is 17.7 Å². The maximum atomic E-state index is 14.1. The molecule has 1 heterocycles. The molecule has 8 heteroatoms. The standard InChI is InChI=1S/C36H30N2O4S2/c1-36(19-30-26-11-4-6-13-28(26)32(36)29-14-7-5-12-27(29)30)34(40)44-35-38-31(20-43-35)21-9-8-10-22(15-21)33(39)37-23-16-24(41-2)18-25(17-23)42-3/h4-18,20,30,32H,19H2,1-3H3,(H,37,39). The SMILES string of the molecule is COc1cc(NC(=O)c2cccc(-c3csc(SC(=O)C4(C)CC5c6ccccc6C4c4ccccc45)n3)c2)cc(OC)c1. The van der Waals surface area contributed by atoms with Gasteiger partial charge in [0, 0.05) is 57.6 Å². The molecule has 44 heavy (non-hydrogen) atoms. The quantitative estimate of drug-likeness (QED) is 0.185. The van der Waals surface area contributed by atoms with Gasteiger partial charge in [-0.2, -0.15) is 0 Å². The molecule has 220 valence electrons. The Bertz CT molecular complexity index is 1850. The Morgan fingerprint density at radius 2 is 1.50 bits per heavy atom. The second-order valence-electron chi connectivity index (χ2n) is 11.4. The first kappa shape index (κ1) is 28.4. The molecule has 6 nitrogen and oxygen atoms in total. The second-order valence-corrected chi connectivity index (χ2v) is 13.5. The minimum atomic E-state index is -0.551. The van der Waals surface area contributed by atoms with Crippen LogP contribution in [0.15, 0.2) is 101 Å². The van der Waals surface area contributed by atoms with Crippen molar-refractivity contribution in [3.63, 3.8) is 0 Å². The average Bonchev–Trinajstić information content (AvgIpc) is 3.53. The van der Waals surface area contributed by atoms with Crippen molar-refractivity contribution in [2.45, 2.75) is 29.5 Å². The number of rotatable bonds is 7. The minimum Gasteiger partial charge on any atom is -0.497 e. The van der Waals surface area contributed by atoms with E-state index in [-0.39, 0.29) is 22.9 Å². The Morgan fingerprint density at radius 1 is 0.864 bits per heavy atom. The lowest BCUT2D eigenvalue weighted by molar-refractivity contribution is -0.120. The molecule has 1 unspecified atom stereocenters. The number of methoxy groups -OCH3 is 2. The third kappa shape index (κ3) is 4.88. The summed E-state index contributed by atoms with van der Waals surface area (Å²) in [5.41, 5.74) is 7.27. The van der Waals surface area contributed by atoms with Gasteiger partial charge in [-0.15, -0.1) is 11.3 Å². The predicted octanol–water partition coefficient (Wildman–Crippen LogP) is 8.39. The van der Waals surface area contributed by atoms with Gasteiger partial charge in [0.2, 0.25) is 5.12 Å². The molecule has 5 aromatic rings. The van der Waals surface area contributed by atoms with Gasteiger partial charge in [0.05, 0.1) is 19.9 Å². The van der Waals surface area contributed by atoms with Crippen molar-refractivity contribution in [1.82, 2.24) is 4.98 Å². The molecule has 0 saturated carbocycles. The lowest BCUT2D eigenvalue weighted by Crippen LogP contribution is -2.43. The highest BCUT2D eigenvalue weighted by Crippen LogP contribution is 2.62. The average molecular weight is 619 g/mol. The molecule has 0 saturated heterocycles. The van der Waals surface area contributed by atoms with E-state index in [1.165, 1.54) is 45.4 Å². The topological polar surface area (TPSA) is 77.5 Å². The number of thioether (sulfide) groups is 1. The van der Waals surface area contributed by atoms with Gasteiger partial charge in [0.15, 0.2) is 4.34 Å². The molecular formula is C36H30N2O4S2. The van der Waals surface area contributed by atoms with Gasteiger partial charge >= 0.3 is 0 Å². The van der Waals surface area contributed by atoms with Gasteiger partial charge in [-0.25, -0.2) is 4.98 Å². The van der Waals surface area contributed by atoms with Crippen molar-refractivity contribution >= 4 is 39.8 Å². The summed E-state index contributed by atoms with van der Waals surface area (Å²) < 4.78 is 11.3. The van der Waals surface area contributed by atoms with Crippen molar-refractivity contribution in [1.29, 1.82) is 0 Å². The van der Waals surface area contributed by atoms with E-state index in [0.29, 0.717) is 27.1 Å². The Labute approximate surface area is 264 Å².